The van der Waals surface area contributed by atoms with E-state index in [0.717, 1.165) is 16.4 Å². The zero-order valence-electron chi connectivity index (χ0n) is 22.6. The second-order valence-electron chi connectivity index (χ2n) is 9.87. The molecule has 1 amide bonds. The van der Waals surface area contributed by atoms with Crippen molar-refractivity contribution in [3.05, 3.63) is 89.0 Å². The number of halogens is 3. The Morgan fingerprint density at radius 3 is 2.63 bits per heavy atom. The molecule has 1 aliphatic heterocycles. The number of ether oxygens (including phenoxy) is 1. The first-order chi connectivity index (χ1) is 19.7. The standard InChI is InChI=1S/C29H26F3N7O2/c1-4-19-14-22-23(5-7-34-26(22)27(35-19)41-3)38-9-6-20-21(28(38)40)12-18(15-37-10-8-33-16-37)13-24(20)39-25(29(30,31)32)11-17(2)36-39/h5,7-8,10-14,16H,4,6,9,15H2,1-3H3. The maximum atomic E-state index is 14.2. The molecule has 41 heavy (non-hydrogen) atoms. The first kappa shape index (κ1) is 26.5. The number of hydrogen-bond donors (Lipinski definition) is 0. The highest BCUT2D eigenvalue weighted by Gasteiger charge is 2.38. The van der Waals surface area contributed by atoms with Crippen molar-refractivity contribution in [1.29, 1.82) is 0 Å². The van der Waals surface area contributed by atoms with Crippen molar-refractivity contribution < 1.29 is 22.7 Å². The van der Waals surface area contributed by atoms with Crippen molar-refractivity contribution in [3.63, 3.8) is 0 Å². The predicted octanol–water partition coefficient (Wildman–Crippen LogP) is 5.16. The summed E-state index contributed by atoms with van der Waals surface area (Å²) < 4.78 is 50.3. The third kappa shape index (κ3) is 4.68. The van der Waals surface area contributed by atoms with E-state index in [1.54, 1.807) is 52.6 Å². The number of anilines is 1. The molecule has 0 radical (unpaired) electrons. The van der Waals surface area contributed by atoms with Gasteiger partial charge in [0.25, 0.3) is 5.91 Å². The van der Waals surface area contributed by atoms with Crippen LogP contribution in [0.25, 0.3) is 16.6 Å². The second kappa shape index (κ2) is 10.0. The monoisotopic (exact) mass is 561 g/mol. The van der Waals surface area contributed by atoms with Crippen LogP contribution < -0.4 is 9.64 Å². The van der Waals surface area contributed by atoms with Crippen LogP contribution in [0.3, 0.4) is 0 Å². The van der Waals surface area contributed by atoms with Gasteiger partial charge in [0.05, 0.1) is 30.5 Å². The van der Waals surface area contributed by atoms with E-state index in [1.165, 1.54) is 14.0 Å². The van der Waals surface area contributed by atoms with Crippen LogP contribution in [0.15, 0.2) is 55.2 Å². The molecule has 1 aliphatic rings. The number of nitrogens with zero attached hydrogens (tertiary/aromatic N) is 7. The number of rotatable bonds is 6. The summed E-state index contributed by atoms with van der Waals surface area (Å²) in [5, 5.41) is 4.91. The van der Waals surface area contributed by atoms with Crippen molar-refractivity contribution in [2.75, 3.05) is 18.6 Å². The van der Waals surface area contributed by atoms with Crippen LogP contribution >= 0.6 is 0 Å². The molecule has 0 saturated carbocycles. The predicted molar refractivity (Wildman–Crippen MR) is 145 cm³/mol. The smallest absolute Gasteiger partial charge is 0.433 e. The van der Waals surface area contributed by atoms with E-state index in [2.05, 4.69) is 20.1 Å². The van der Waals surface area contributed by atoms with E-state index in [1.807, 2.05) is 13.0 Å². The van der Waals surface area contributed by atoms with Gasteiger partial charge in [-0.1, -0.05) is 6.92 Å². The maximum absolute atomic E-state index is 14.2. The zero-order chi connectivity index (χ0) is 28.9. The first-order valence-corrected chi connectivity index (χ1v) is 13.1. The van der Waals surface area contributed by atoms with E-state index in [4.69, 9.17) is 4.74 Å². The summed E-state index contributed by atoms with van der Waals surface area (Å²) in [6.07, 6.45) is 2.93. The maximum Gasteiger partial charge on any atom is 0.433 e. The number of carbonyl (C=O) groups is 1. The average Bonchev–Trinajstić information content (AvgIpc) is 3.62. The fourth-order valence-electron chi connectivity index (χ4n) is 5.34. The van der Waals surface area contributed by atoms with Gasteiger partial charge in [-0.2, -0.15) is 18.3 Å². The van der Waals surface area contributed by atoms with E-state index in [0.29, 0.717) is 58.5 Å². The van der Waals surface area contributed by atoms with E-state index in [9.17, 15) is 18.0 Å². The molecule has 5 aromatic rings. The summed E-state index contributed by atoms with van der Waals surface area (Å²) in [4.78, 5) is 28.8. The van der Waals surface area contributed by atoms with Gasteiger partial charge in [0.2, 0.25) is 5.88 Å². The molecule has 12 heteroatoms. The van der Waals surface area contributed by atoms with Crippen LogP contribution in [0, 0.1) is 6.92 Å². The molecule has 0 aliphatic carbocycles. The van der Waals surface area contributed by atoms with Gasteiger partial charge in [0.1, 0.15) is 11.2 Å². The highest BCUT2D eigenvalue weighted by Crippen LogP contribution is 2.37. The summed E-state index contributed by atoms with van der Waals surface area (Å²) in [6, 6.07) is 8.10. The third-order valence-electron chi connectivity index (χ3n) is 7.19. The fourth-order valence-corrected chi connectivity index (χ4v) is 5.34. The van der Waals surface area contributed by atoms with Crippen molar-refractivity contribution in [1.82, 2.24) is 29.3 Å². The molecule has 0 fully saturated rings. The Balaban J connectivity index is 1.52. The lowest BCUT2D eigenvalue weighted by Crippen LogP contribution is -2.38. The molecule has 0 saturated heterocycles. The van der Waals surface area contributed by atoms with Gasteiger partial charge in [-0.05, 0) is 61.2 Å². The Labute approximate surface area is 233 Å². The lowest BCUT2D eigenvalue weighted by molar-refractivity contribution is -0.142. The molecule has 4 aromatic heterocycles. The summed E-state index contributed by atoms with van der Waals surface area (Å²) in [5.74, 6) is 0.0449. The minimum Gasteiger partial charge on any atom is -0.479 e. The van der Waals surface area contributed by atoms with Gasteiger partial charge in [-0.25, -0.2) is 14.6 Å². The number of benzene rings is 1. The van der Waals surface area contributed by atoms with Gasteiger partial charge in [-0.15, -0.1) is 0 Å². The SMILES string of the molecule is CCc1cc2c(N3CCc4c(cc(Cn5ccnc5)cc4-n4nc(C)cc4C(F)(F)F)C3=O)ccnc2c(OC)n1. The minimum absolute atomic E-state index is 0.229. The number of hydrogen-bond acceptors (Lipinski definition) is 6. The van der Waals surface area contributed by atoms with E-state index >= 15 is 0 Å². The fraction of sp³-hybridized carbons (Fsp3) is 0.276. The lowest BCUT2D eigenvalue weighted by atomic mass is 9.93. The molecule has 0 bridgehead atoms. The third-order valence-corrected chi connectivity index (χ3v) is 7.19. The van der Waals surface area contributed by atoms with Crippen LogP contribution in [0.4, 0.5) is 18.9 Å². The number of amides is 1. The lowest BCUT2D eigenvalue weighted by Gasteiger charge is -2.31. The number of alkyl halides is 3. The number of aromatic nitrogens is 6. The van der Waals surface area contributed by atoms with Gasteiger partial charge in [0, 0.05) is 48.3 Å². The molecule has 9 nitrogen and oxygen atoms in total. The van der Waals surface area contributed by atoms with Crippen molar-refractivity contribution in [3.8, 4) is 11.6 Å². The molecule has 6 rings (SSSR count). The van der Waals surface area contributed by atoms with Crippen LogP contribution in [0.5, 0.6) is 5.88 Å². The summed E-state index contributed by atoms with van der Waals surface area (Å²) in [6.45, 7) is 4.06. The molecule has 0 N–H and O–H groups in total. The van der Waals surface area contributed by atoms with Crippen LogP contribution in [-0.2, 0) is 25.6 Å². The minimum atomic E-state index is -4.63. The van der Waals surface area contributed by atoms with Gasteiger partial charge < -0.3 is 14.2 Å². The van der Waals surface area contributed by atoms with Crippen LogP contribution in [0.2, 0.25) is 0 Å². The number of methoxy groups -OCH3 is 1. The molecule has 1 aromatic carbocycles. The zero-order valence-corrected chi connectivity index (χ0v) is 22.6. The van der Waals surface area contributed by atoms with Crippen LogP contribution in [-0.4, -0.2) is 48.9 Å². The molecule has 5 heterocycles. The molecular formula is C29H26F3N7O2. The first-order valence-electron chi connectivity index (χ1n) is 13.1. The van der Waals surface area contributed by atoms with Gasteiger partial charge in [-0.3, -0.25) is 9.78 Å². The number of fused-ring (bicyclic) bond motifs is 2. The summed E-state index contributed by atoms with van der Waals surface area (Å²) in [5.41, 5.74) is 3.01. The van der Waals surface area contributed by atoms with E-state index in [-0.39, 0.29) is 23.8 Å². The summed E-state index contributed by atoms with van der Waals surface area (Å²) >= 11 is 0. The Kier molecular flexibility index (Phi) is 6.47. The Hall–Kier alpha value is -4.74. The number of pyridine rings is 2. The van der Waals surface area contributed by atoms with Crippen molar-refractivity contribution >= 4 is 22.5 Å². The number of aryl methyl sites for hydroxylation is 2. The quantitative estimate of drug-likeness (QED) is 0.285. The largest absolute Gasteiger partial charge is 0.479 e. The van der Waals surface area contributed by atoms with Crippen molar-refractivity contribution in [2.45, 2.75) is 39.4 Å². The molecule has 0 spiro atoms. The highest BCUT2D eigenvalue weighted by atomic mass is 19.4. The van der Waals surface area contributed by atoms with Crippen molar-refractivity contribution in [2.24, 2.45) is 0 Å². The Bertz CT molecular complexity index is 1780. The van der Waals surface area contributed by atoms with Gasteiger partial charge in [0.15, 0.2) is 0 Å². The summed E-state index contributed by atoms with van der Waals surface area (Å²) in [7, 11) is 1.52. The van der Waals surface area contributed by atoms with Crippen LogP contribution in [0.1, 0.15) is 45.5 Å². The number of imidazole rings is 1. The van der Waals surface area contributed by atoms with Gasteiger partial charge >= 0.3 is 6.18 Å². The topological polar surface area (TPSA) is 91.0 Å². The normalized spacial score (nSPS) is 13.6. The Morgan fingerprint density at radius 1 is 1.10 bits per heavy atom. The molecular weight excluding hydrogens is 535 g/mol. The molecule has 0 atom stereocenters. The Morgan fingerprint density at radius 2 is 1.93 bits per heavy atom. The number of carbonyl (C=O) groups excluding carboxylic acids is 1. The van der Waals surface area contributed by atoms with E-state index < -0.39 is 11.9 Å². The molecule has 210 valence electrons. The second-order valence-corrected chi connectivity index (χ2v) is 9.87. The average molecular weight is 562 g/mol. The molecule has 0 unspecified atom stereocenters. The highest BCUT2D eigenvalue weighted by molar-refractivity contribution is 6.12.